The molecule has 3 heteroatoms. The van der Waals surface area contributed by atoms with E-state index in [1.54, 1.807) is 12.1 Å². The molecule has 0 aromatic heterocycles. The summed E-state index contributed by atoms with van der Waals surface area (Å²) >= 11 is 0. The summed E-state index contributed by atoms with van der Waals surface area (Å²) in [6.45, 7) is 0. The standard InChI is InChI=1S/C18H14O3/c1-21-18(20)17-15(7-4-8-16(17)19)14-10-9-12-5-2-3-6-13(12)11-14/h2-11,19H,1H3. The summed E-state index contributed by atoms with van der Waals surface area (Å²) in [5.41, 5.74) is 1.72. The molecule has 0 amide bonds. The predicted octanol–water partition coefficient (Wildman–Crippen LogP) is 4.00. The van der Waals surface area contributed by atoms with Crippen LogP contribution in [0.3, 0.4) is 0 Å². The van der Waals surface area contributed by atoms with Gasteiger partial charge in [-0.1, -0.05) is 48.5 Å². The molecule has 0 saturated heterocycles. The number of methoxy groups -OCH3 is 1. The number of hydrogen-bond acceptors (Lipinski definition) is 3. The van der Waals surface area contributed by atoms with E-state index in [0.717, 1.165) is 16.3 Å². The highest BCUT2D eigenvalue weighted by atomic mass is 16.5. The third-order valence-electron chi connectivity index (χ3n) is 3.49. The Morgan fingerprint density at radius 1 is 0.952 bits per heavy atom. The molecule has 3 rings (SSSR count). The van der Waals surface area contributed by atoms with Gasteiger partial charge in [-0.05, 0) is 34.0 Å². The first-order valence-corrected chi connectivity index (χ1v) is 6.60. The van der Waals surface area contributed by atoms with E-state index in [-0.39, 0.29) is 11.3 Å². The Kier molecular flexibility index (Phi) is 3.32. The van der Waals surface area contributed by atoms with Gasteiger partial charge >= 0.3 is 5.97 Å². The fourth-order valence-corrected chi connectivity index (χ4v) is 2.45. The molecule has 0 saturated carbocycles. The molecule has 104 valence electrons. The van der Waals surface area contributed by atoms with Crippen molar-refractivity contribution in [3.8, 4) is 16.9 Å². The monoisotopic (exact) mass is 278 g/mol. The van der Waals surface area contributed by atoms with Crippen LogP contribution in [0.15, 0.2) is 60.7 Å². The van der Waals surface area contributed by atoms with Crippen LogP contribution in [-0.4, -0.2) is 18.2 Å². The van der Waals surface area contributed by atoms with Crippen molar-refractivity contribution in [1.82, 2.24) is 0 Å². The maximum atomic E-state index is 11.9. The number of benzene rings is 3. The van der Waals surface area contributed by atoms with Gasteiger partial charge in [-0.2, -0.15) is 0 Å². The molecule has 0 aliphatic rings. The average Bonchev–Trinajstić information content (AvgIpc) is 2.53. The smallest absolute Gasteiger partial charge is 0.342 e. The van der Waals surface area contributed by atoms with Crippen LogP contribution in [0.4, 0.5) is 0 Å². The van der Waals surface area contributed by atoms with E-state index in [1.807, 2.05) is 42.5 Å². The largest absolute Gasteiger partial charge is 0.507 e. The molecule has 0 aliphatic carbocycles. The Bertz CT molecular complexity index is 822. The van der Waals surface area contributed by atoms with Crippen molar-refractivity contribution >= 4 is 16.7 Å². The second-order valence-corrected chi connectivity index (χ2v) is 4.75. The minimum absolute atomic E-state index is 0.0764. The van der Waals surface area contributed by atoms with Gasteiger partial charge in [0.1, 0.15) is 11.3 Å². The molecule has 21 heavy (non-hydrogen) atoms. The van der Waals surface area contributed by atoms with Crippen LogP contribution in [0.5, 0.6) is 5.75 Å². The third-order valence-corrected chi connectivity index (χ3v) is 3.49. The number of carbonyl (C=O) groups excluding carboxylic acids is 1. The van der Waals surface area contributed by atoms with Crippen LogP contribution in [0.1, 0.15) is 10.4 Å². The SMILES string of the molecule is COC(=O)c1c(O)cccc1-c1ccc2ccccc2c1. The van der Waals surface area contributed by atoms with Crippen LogP contribution >= 0.6 is 0 Å². The number of carbonyl (C=O) groups is 1. The molecule has 0 atom stereocenters. The summed E-state index contributed by atoms with van der Waals surface area (Å²) in [5.74, 6) is -0.622. The average molecular weight is 278 g/mol. The van der Waals surface area contributed by atoms with Gasteiger partial charge in [0, 0.05) is 0 Å². The van der Waals surface area contributed by atoms with Gasteiger partial charge in [-0.3, -0.25) is 0 Å². The second-order valence-electron chi connectivity index (χ2n) is 4.75. The second kappa shape index (κ2) is 5.29. The minimum atomic E-state index is -0.545. The highest BCUT2D eigenvalue weighted by Crippen LogP contribution is 2.32. The quantitative estimate of drug-likeness (QED) is 0.721. The fraction of sp³-hybridized carbons (Fsp3) is 0.0556. The topological polar surface area (TPSA) is 46.5 Å². The molecule has 0 bridgehead atoms. The highest BCUT2D eigenvalue weighted by molar-refractivity contribution is 6.01. The van der Waals surface area contributed by atoms with Crippen molar-refractivity contribution in [2.45, 2.75) is 0 Å². The number of phenols is 1. The Morgan fingerprint density at radius 3 is 2.48 bits per heavy atom. The fourth-order valence-electron chi connectivity index (χ4n) is 2.45. The maximum absolute atomic E-state index is 11.9. The van der Waals surface area contributed by atoms with Crippen LogP contribution in [0.25, 0.3) is 21.9 Å². The Hall–Kier alpha value is -2.81. The summed E-state index contributed by atoms with van der Waals surface area (Å²) in [7, 11) is 1.30. The molecule has 3 aromatic carbocycles. The van der Waals surface area contributed by atoms with Crippen molar-refractivity contribution in [2.24, 2.45) is 0 Å². The van der Waals surface area contributed by atoms with E-state index in [9.17, 15) is 9.90 Å². The number of esters is 1. The molecule has 0 unspecified atom stereocenters. The zero-order chi connectivity index (χ0) is 14.8. The summed E-state index contributed by atoms with van der Waals surface area (Å²) in [5, 5.41) is 12.2. The van der Waals surface area contributed by atoms with Crippen molar-refractivity contribution < 1.29 is 14.6 Å². The lowest BCUT2D eigenvalue weighted by molar-refractivity contribution is 0.0598. The lowest BCUT2D eigenvalue weighted by Gasteiger charge is -2.10. The molecule has 3 nitrogen and oxygen atoms in total. The summed E-state index contributed by atoms with van der Waals surface area (Å²) < 4.78 is 4.77. The number of fused-ring (bicyclic) bond motifs is 1. The van der Waals surface area contributed by atoms with Gasteiger partial charge in [0.15, 0.2) is 0 Å². The first kappa shape index (κ1) is 13.2. The van der Waals surface area contributed by atoms with E-state index >= 15 is 0 Å². The van der Waals surface area contributed by atoms with E-state index in [1.165, 1.54) is 13.2 Å². The van der Waals surface area contributed by atoms with Crippen molar-refractivity contribution in [1.29, 1.82) is 0 Å². The lowest BCUT2D eigenvalue weighted by Crippen LogP contribution is -2.04. The predicted molar refractivity (Wildman–Crippen MR) is 82.4 cm³/mol. The first-order valence-electron chi connectivity index (χ1n) is 6.60. The zero-order valence-corrected chi connectivity index (χ0v) is 11.5. The number of ether oxygens (including phenoxy) is 1. The minimum Gasteiger partial charge on any atom is -0.507 e. The lowest BCUT2D eigenvalue weighted by atomic mass is 9.96. The number of aromatic hydroxyl groups is 1. The number of phenolic OH excluding ortho intramolecular Hbond substituents is 1. The molecule has 3 aromatic rings. The van der Waals surface area contributed by atoms with Crippen LogP contribution < -0.4 is 0 Å². The van der Waals surface area contributed by atoms with Crippen LogP contribution in [0.2, 0.25) is 0 Å². The van der Waals surface area contributed by atoms with Gasteiger partial charge in [0.25, 0.3) is 0 Å². The van der Waals surface area contributed by atoms with E-state index in [4.69, 9.17) is 4.74 Å². The van der Waals surface area contributed by atoms with Crippen molar-refractivity contribution in [2.75, 3.05) is 7.11 Å². The van der Waals surface area contributed by atoms with Gasteiger partial charge in [-0.15, -0.1) is 0 Å². The van der Waals surface area contributed by atoms with Crippen LogP contribution in [-0.2, 0) is 4.74 Å². The molecule has 0 heterocycles. The highest BCUT2D eigenvalue weighted by Gasteiger charge is 2.17. The maximum Gasteiger partial charge on any atom is 0.342 e. The van der Waals surface area contributed by atoms with Gasteiger partial charge in [0.05, 0.1) is 7.11 Å². The summed E-state index contributed by atoms with van der Waals surface area (Å²) in [6.07, 6.45) is 0. The molecular weight excluding hydrogens is 264 g/mol. The van der Waals surface area contributed by atoms with Crippen molar-refractivity contribution in [3.63, 3.8) is 0 Å². The van der Waals surface area contributed by atoms with Crippen molar-refractivity contribution in [3.05, 3.63) is 66.2 Å². The molecule has 0 aliphatic heterocycles. The number of hydrogen-bond donors (Lipinski definition) is 1. The third kappa shape index (κ3) is 2.34. The molecule has 0 fully saturated rings. The normalized spacial score (nSPS) is 10.5. The number of rotatable bonds is 2. The van der Waals surface area contributed by atoms with Gasteiger partial charge in [0.2, 0.25) is 0 Å². The Labute approximate surface area is 122 Å². The summed E-state index contributed by atoms with van der Waals surface area (Å²) in [6, 6.07) is 18.9. The summed E-state index contributed by atoms with van der Waals surface area (Å²) in [4.78, 5) is 11.9. The Balaban J connectivity index is 2.23. The van der Waals surface area contributed by atoms with Crippen LogP contribution in [0, 0.1) is 0 Å². The zero-order valence-electron chi connectivity index (χ0n) is 11.5. The van der Waals surface area contributed by atoms with Gasteiger partial charge < -0.3 is 9.84 Å². The van der Waals surface area contributed by atoms with E-state index < -0.39 is 5.97 Å². The van der Waals surface area contributed by atoms with Gasteiger partial charge in [-0.25, -0.2) is 4.79 Å². The molecule has 0 spiro atoms. The molecule has 1 N–H and O–H groups in total. The molecular formula is C18H14O3. The Morgan fingerprint density at radius 2 is 1.71 bits per heavy atom. The van der Waals surface area contributed by atoms with E-state index in [2.05, 4.69) is 0 Å². The first-order chi connectivity index (χ1) is 10.2. The van der Waals surface area contributed by atoms with E-state index in [0.29, 0.717) is 5.56 Å². The molecule has 0 radical (unpaired) electrons.